The third kappa shape index (κ3) is 4.55. The van der Waals surface area contributed by atoms with E-state index in [2.05, 4.69) is 10.6 Å². The van der Waals surface area contributed by atoms with Crippen LogP contribution in [0.5, 0.6) is 5.75 Å². The minimum atomic E-state index is -0.205. The molecule has 0 aliphatic rings. The van der Waals surface area contributed by atoms with Gasteiger partial charge in [-0.3, -0.25) is 4.79 Å². The van der Waals surface area contributed by atoms with Gasteiger partial charge in [0.05, 0.1) is 29.5 Å². The molecule has 2 N–H and O–H groups in total. The molecular weight excluding hydrogens is 323 g/mol. The van der Waals surface area contributed by atoms with E-state index in [0.717, 1.165) is 0 Å². The minimum absolute atomic E-state index is 0.0700. The van der Waals surface area contributed by atoms with Crippen LogP contribution < -0.4 is 15.4 Å². The molecule has 6 heteroatoms. The van der Waals surface area contributed by atoms with Crippen LogP contribution in [0.3, 0.4) is 0 Å². The molecule has 22 heavy (non-hydrogen) atoms. The van der Waals surface area contributed by atoms with E-state index in [4.69, 9.17) is 27.9 Å². The summed E-state index contributed by atoms with van der Waals surface area (Å²) in [4.78, 5) is 12.0. The van der Waals surface area contributed by atoms with Crippen LogP contribution in [0.2, 0.25) is 10.0 Å². The fourth-order valence-corrected chi connectivity index (χ4v) is 2.21. The van der Waals surface area contributed by atoms with Crippen molar-refractivity contribution in [3.8, 4) is 5.75 Å². The van der Waals surface area contributed by atoms with Gasteiger partial charge in [-0.2, -0.15) is 0 Å². The Hall–Kier alpha value is -1.91. The second kappa shape index (κ2) is 7.92. The van der Waals surface area contributed by atoms with Crippen LogP contribution >= 0.6 is 23.2 Å². The quantitative estimate of drug-likeness (QED) is 0.818. The van der Waals surface area contributed by atoms with Crippen molar-refractivity contribution in [1.29, 1.82) is 0 Å². The number of anilines is 2. The first kappa shape index (κ1) is 16.5. The number of ether oxygens (including phenoxy) is 1. The van der Waals surface area contributed by atoms with Crippen LogP contribution in [0.1, 0.15) is 6.92 Å². The number of carbonyl (C=O) groups excluding carboxylic acids is 1. The Bertz CT molecular complexity index is 662. The van der Waals surface area contributed by atoms with Crippen LogP contribution in [0, 0.1) is 0 Å². The molecule has 0 radical (unpaired) electrons. The summed E-state index contributed by atoms with van der Waals surface area (Å²) >= 11 is 11.9. The van der Waals surface area contributed by atoms with Gasteiger partial charge in [0.15, 0.2) is 0 Å². The van der Waals surface area contributed by atoms with Gasteiger partial charge in [0.25, 0.3) is 0 Å². The number of amides is 1. The maximum Gasteiger partial charge on any atom is 0.243 e. The van der Waals surface area contributed by atoms with Gasteiger partial charge < -0.3 is 15.4 Å². The summed E-state index contributed by atoms with van der Waals surface area (Å²) in [6.07, 6.45) is 0. The second-order valence-corrected chi connectivity index (χ2v) is 5.30. The van der Waals surface area contributed by atoms with Gasteiger partial charge in [-0.1, -0.05) is 35.3 Å². The van der Waals surface area contributed by atoms with Crippen molar-refractivity contribution in [2.24, 2.45) is 0 Å². The minimum Gasteiger partial charge on any atom is -0.492 e. The SMILES string of the molecule is CCOc1ccccc1NC(=O)CNc1cc(Cl)ccc1Cl. The van der Waals surface area contributed by atoms with Crippen molar-refractivity contribution in [3.63, 3.8) is 0 Å². The number of benzene rings is 2. The molecule has 0 heterocycles. The number of rotatable bonds is 6. The summed E-state index contributed by atoms with van der Waals surface area (Å²) < 4.78 is 5.46. The first-order valence-corrected chi connectivity index (χ1v) is 7.56. The van der Waals surface area contributed by atoms with Crippen molar-refractivity contribution < 1.29 is 9.53 Å². The summed E-state index contributed by atoms with van der Waals surface area (Å²) in [5.74, 6) is 0.433. The van der Waals surface area contributed by atoms with Crippen molar-refractivity contribution in [2.45, 2.75) is 6.92 Å². The summed E-state index contributed by atoms with van der Waals surface area (Å²) in [6.45, 7) is 2.49. The highest BCUT2D eigenvalue weighted by atomic mass is 35.5. The Labute approximate surface area is 139 Å². The van der Waals surface area contributed by atoms with E-state index in [1.54, 1.807) is 30.3 Å². The highest BCUT2D eigenvalue weighted by Crippen LogP contribution is 2.26. The van der Waals surface area contributed by atoms with Gasteiger partial charge in [0.1, 0.15) is 5.75 Å². The topological polar surface area (TPSA) is 50.4 Å². The molecule has 2 aromatic rings. The lowest BCUT2D eigenvalue weighted by atomic mass is 10.3. The second-order valence-electron chi connectivity index (χ2n) is 4.46. The third-order valence-corrected chi connectivity index (χ3v) is 3.39. The van der Waals surface area contributed by atoms with E-state index in [9.17, 15) is 4.79 Å². The summed E-state index contributed by atoms with van der Waals surface area (Å²) in [6, 6.07) is 12.3. The lowest BCUT2D eigenvalue weighted by Crippen LogP contribution is -2.22. The molecule has 0 fully saturated rings. The monoisotopic (exact) mass is 338 g/mol. The molecule has 0 aliphatic heterocycles. The van der Waals surface area contributed by atoms with Crippen LogP contribution in [0.15, 0.2) is 42.5 Å². The first-order valence-electron chi connectivity index (χ1n) is 6.80. The van der Waals surface area contributed by atoms with E-state index in [1.807, 2.05) is 19.1 Å². The van der Waals surface area contributed by atoms with Gasteiger partial charge in [-0.15, -0.1) is 0 Å². The summed E-state index contributed by atoms with van der Waals surface area (Å²) in [5.41, 5.74) is 1.25. The zero-order valence-electron chi connectivity index (χ0n) is 12.0. The van der Waals surface area contributed by atoms with Crippen LogP contribution in [-0.2, 0) is 4.79 Å². The molecule has 4 nitrogen and oxygen atoms in total. The average Bonchev–Trinajstić information content (AvgIpc) is 2.50. The molecule has 0 atom stereocenters. The van der Waals surface area contributed by atoms with E-state index in [1.165, 1.54) is 0 Å². The number of carbonyl (C=O) groups is 1. The predicted octanol–water partition coefficient (Wildman–Crippen LogP) is 4.44. The molecule has 0 spiro atoms. The molecule has 0 saturated carbocycles. The highest BCUT2D eigenvalue weighted by molar-refractivity contribution is 6.35. The van der Waals surface area contributed by atoms with Gasteiger partial charge in [0, 0.05) is 5.02 Å². The van der Waals surface area contributed by atoms with Crippen molar-refractivity contribution in [3.05, 3.63) is 52.5 Å². The highest BCUT2D eigenvalue weighted by Gasteiger charge is 2.08. The van der Waals surface area contributed by atoms with E-state index in [-0.39, 0.29) is 12.5 Å². The Morgan fingerprint density at radius 3 is 2.68 bits per heavy atom. The predicted molar refractivity (Wildman–Crippen MR) is 91.2 cm³/mol. The molecule has 0 bridgehead atoms. The molecular formula is C16H16Cl2N2O2. The normalized spacial score (nSPS) is 10.1. The van der Waals surface area contributed by atoms with Gasteiger partial charge in [0.2, 0.25) is 5.91 Å². The van der Waals surface area contributed by atoms with E-state index >= 15 is 0 Å². The zero-order chi connectivity index (χ0) is 15.9. The van der Waals surface area contributed by atoms with Crippen molar-refractivity contribution in [2.75, 3.05) is 23.8 Å². The van der Waals surface area contributed by atoms with Gasteiger partial charge >= 0.3 is 0 Å². The Kier molecular flexibility index (Phi) is 5.92. The number of hydrogen-bond acceptors (Lipinski definition) is 3. The molecule has 116 valence electrons. The molecule has 0 unspecified atom stereocenters. The van der Waals surface area contributed by atoms with Crippen LogP contribution in [-0.4, -0.2) is 19.1 Å². The molecule has 2 rings (SSSR count). The number of halogens is 2. The molecule has 0 aromatic heterocycles. The van der Waals surface area contributed by atoms with Crippen molar-refractivity contribution in [1.82, 2.24) is 0 Å². The standard InChI is InChI=1S/C16H16Cl2N2O2/c1-2-22-15-6-4-3-5-13(15)20-16(21)10-19-14-9-11(17)7-8-12(14)18/h3-9,19H,2,10H2,1H3,(H,20,21). The third-order valence-electron chi connectivity index (χ3n) is 2.83. The smallest absolute Gasteiger partial charge is 0.243 e. The first-order chi connectivity index (χ1) is 10.6. The Balaban J connectivity index is 1.97. The van der Waals surface area contributed by atoms with Crippen molar-refractivity contribution >= 4 is 40.5 Å². The van der Waals surface area contributed by atoms with Crippen LogP contribution in [0.25, 0.3) is 0 Å². The summed E-state index contributed by atoms with van der Waals surface area (Å²) in [7, 11) is 0. The van der Waals surface area contributed by atoms with E-state index in [0.29, 0.717) is 33.8 Å². The average molecular weight is 339 g/mol. The molecule has 1 amide bonds. The fraction of sp³-hybridized carbons (Fsp3) is 0.188. The lowest BCUT2D eigenvalue weighted by Gasteiger charge is -2.12. The molecule has 0 saturated heterocycles. The van der Waals surface area contributed by atoms with Gasteiger partial charge in [-0.25, -0.2) is 0 Å². The molecule has 2 aromatic carbocycles. The summed E-state index contributed by atoms with van der Waals surface area (Å²) in [5, 5.41) is 6.81. The maximum absolute atomic E-state index is 12.0. The fourth-order valence-electron chi connectivity index (χ4n) is 1.85. The Morgan fingerprint density at radius 1 is 1.14 bits per heavy atom. The number of nitrogens with one attached hydrogen (secondary N) is 2. The van der Waals surface area contributed by atoms with E-state index < -0.39 is 0 Å². The largest absolute Gasteiger partial charge is 0.492 e. The maximum atomic E-state index is 12.0. The lowest BCUT2D eigenvalue weighted by molar-refractivity contribution is -0.114. The molecule has 0 aliphatic carbocycles. The number of para-hydroxylation sites is 2. The van der Waals surface area contributed by atoms with Crippen LogP contribution in [0.4, 0.5) is 11.4 Å². The van der Waals surface area contributed by atoms with Gasteiger partial charge in [-0.05, 0) is 37.3 Å². The Morgan fingerprint density at radius 2 is 1.91 bits per heavy atom. The zero-order valence-corrected chi connectivity index (χ0v) is 13.5. The number of hydrogen-bond donors (Lipinski definition) is 2.